The molecule has 0 amide bonds. The van der Waals surface area contributed by atoms with Gasteiger partial charge >= 0.3 is 0 Å². The monoisotopic (exact) mass is 263 g/mol. The van der Waals surface area contributed by atoms with Gasteiger partial charge in [-0.25, -0.2) is 8.42 Å². The SMILES string of the molecule is O=S(=O)(CC1CCCO1)N(CCO)C1CCC1. The summed E-state index contributed by atoms with van der Waals surface area (Å²) < 4.78 is 31.4. The molecule has 1 N–H and O–H groups in total. The highest BCUT2D eigenvalue weighted by Gasteiger charge is 2.35. The predicted molar refractivity (Wildman–Crippen MR) is 64.2 cm³/mol. The minimum atomic E-state index is -3.28. The van der Waals surface area contributed by atoms with Gasteiger partial charge in [-0.05, 0) is 25.7 Å². The summed E-state index contributed by atoms with van der Waals surface area (Å²) >= 11 is 0. The van der Waals surface area contributed by atoms with E-state index in [0.29, 0.717) is 6.61 Å². The smallest absolute Gasteiger partial charge is 0.216 e. The van der Waals surface area contributed by atoms with Crippen molar-refractivity contribution in [3.05, 3.63) is 0 Å². The van der Waals surface area contributed by atoms with Crippen LogP contribution in [0.25, 0.3) is 0 Å². The Morgan fingerprint density at radius 3 is 2.47 bits per heavy atom. The van der Waals surface area contributed by atoms with Crippen molar-refractivity contribution < 1.29 is 18.3 Å². The molecule has 1 aliphatic carbocycles. The van der Waals surface area contributed by atoms with Gasteiger partial charge in [0.15, 0.2) is 0 Å². The van der Waals surface area contributed by atoms with Crippen LogP contribution in [-0.4, -0.2) is 55.5 Å². The molecule has 0 bridgehead atoms. The molecule has 100 valence electrons. The molecule has 5 nitrogen and oxygen atoms in total. The van der Waals surface area contributed by atoms with Crippen molar-refractivity contribution in [2.24, 2.45) is 0 Å². The molecule has 1 saturated heterocycles. The van der Waals surface area contributed by atoms with Crippen LogP contribution in [0.4, 0.5) is 0 Å². The van der Waals surface area contributed by atoms with Gasteiger partial charge in [0.05, 0.1) is 18.5 Å². The molecular weight excluding hydrogens is 242 g/mol. The highest BCUT2D eigenvalue weighted by Crippen LogP contribution is 2.28. The third-order valence-electron chi connectivity index (χ3n) is 3.58. The van der Waals surface area contributed by atoms with Crippen LogP contribution in [0.1, 0.15) is 32.1 Å². The van der Waals surface area contributed by atoms with Crippen LogP contribution in [0, 0.1) is 0 Å². The third kappa shape index (κ3) is 3.19. The fourth-order valence-corrected chi connectivity index (χ4v) is 4.38. The van der Waals surface area contributed by atoms with Crippen LogP contribution in [0.15, 0.2) is 0 Å². The summed E-state index contributed by atoms with van der Waals surface area (Å²) in [6.07, 6.45) is 4.55. The predicted octanol–water partition coefficient (Wildman–Crippen LogP) is 0.342. The molecule has 0 aromatic carbocycles. The van der Waals surface area contributed by atoms with E-state index >= 15 is 0 Å². The Morgan fingerprint density at radius 2 is 2.00 bits per heavy atom. The van der Waals surface area contributed by atoms with Crippen LogP contribution in [0.5, 0.6) is 0 Å². The molecule has 1 unspecified atom stereocenters. The number of rotatable bonds is 6. The maximum Gasteiger partial charge on any atom is 0.216 e. The molecule has 2 fully saturated rings. The van der Waals surface area contributed by atoms with Crippen LogP contribution in [0.3, 0.4) is 0 Å². The highest BCUT2D eigenvalue weighted by atomic mass is 32.2. The summed E-state index contributed by atoms with van der Waals surface area (Å²) in [5, 5.41) is 8.99. The molecule has 1 heterocycles. The average molecular weight is 263 g/mol. The van der Waals surface area contributed by atoms with Crippen molar-refractivity contribution in [3.63, 3.8) is 0 Å². The summed E-state index contributed by atoms with van der Waals surface area (Å²) in [5.74, 6) is 0.0729. The second-order valence-electron chi connectivity index (χ2n) is 4.83. The van der Waals surface area contributed by atoms with E-state index in [1.165, 1.54) is 4.31 Å². The summed E-state index contributed by atoms with van der Waals surface area (Å²) in [4.78, 5) is 0. The molecule has 2 aliphatic rings. The number of ether oxygens (including phenoxy) is 1. The average Bonchev–Trinajstić information content (AvgIpc) is 2.66. The summed E-state index contributed by atoms with van der Waals surface area (Å²) in [6, 6.07) is 0.105. The maximum atomic E-state index is 12.2. The van der Waals surface area contributed by atoms with E-state index in [0.717, 1.165) is 32.1 Å². The van der Waals surface area contributed by atoms with Gasteiger partial charge in [-0.1, -0.05) is 6.42 Å². The van der Waals surface area contributed by atoms with Crippen molar-refractivity contribution in [3.8, 4) is 0 Å². The Labute approximate surface area is 103 Å². The van der Waals surface area contributed by atoms with Crippen molar-refractivity contribution in [2.45, 2.75) is 44.2 Å². The van der Waals surface area contributed by atoms with Crippen LogP contribution in [0.2, 0.25) is 0 Å². The van der Waals surface area contributed by atoms with Crippen LogP contribution < -0.4 is 0 Å². The normalized spacial score (nSPS) is 26.4. The standard InChI is InChI=1S/C11H21NO4S/c13-7-6-12(10-3-1-4-10)17(14,15)9-11-5-2-8-16-11/h10-11,13H,1-9H2. The van der Waals surface area contributed by atoms with Gasteiger partial charge in [-0.3, -0.25) is 0 Å². The first kappa shape index (κ1) is 13.3. The van der Waals surface area contributed by atoms with Gasteiger partial charge in [0.25, 0.3) is 0 Å². The van der Waals surface area contributed by atoms with Gasteiger partial charge < -0.3 is 9.84 Å². The zero-order valence-corrected chi connectivity index (χ0v) is 10.9. The van der Waals surface area contributed by atoms with E-state index in [1.54, 1.807) is 0 Å². The quantitative estimate of drug-likeness (QED) is 0.750. The van der Waals surface area contributed by atoms with Crippen molar-refractivity contribution in [1.29, 1.82) is 0 Å². The molecule has 6 heteroatoms. The van der Waals surface area contributed by atoms with Gasteiger partial charge in [-0.2, -0.15) is 4.31 Å². The van der Waals surface area contributed by atoms with E-state index in [1.807, 2.05) is 0 Å². The lowest BCUT2D eigenvalue weighted by Crippen LogP contribution is -2.47. The lowest BCUT2D eigenvalue weighted by atomic mass is 9.93. The summed E-state index contributed by atoms with van der Waals surface area (Å²) in [5.41, 5.74) is 0. The molecule has 0 spiro atoms. The topological polar surface area (TPSA) is 66.8 Å². The Hall–Kier alpha value is -0.170. The van der Waals surface area contributed by atoms with E-state index in [4.69, 9.17) is 9.84 Å². The van der Waals surface area contributed by atoms with E-state index in [9.17, 15) is 8.42 Å². The van der Waals surface area contributed by atoms with E-state index in [-0.39, 0.29) is 31.1 Å². The van der Waals surface area contributed by atoms with E-state index < -0.39 is 10.0 Å². The Bertz CT molecular complexity index is 333. The van der Waals surface area contributed by atoms with Crippen molar-refractivity contribution in [1.82, 2.24) is 4.31 Å². The van der Waals surface area contributed by atoms with E-state index in [2.05, 4.69) is 0 Å². The Kier molecular flexibility index (Phi) is 4.41. The fourth-order valence-electron chi connectivity index (χ4n) is 2.43. The molecule has 1 aliphatic heterocycles. The first-order valence-corrected chi connectivity index (χ1v) is 7.96. The minimum Gasteiger partial charge on any atom is -0.395 e. The number of aliphatic hydroxyl groups excluding tert-OH is 1. The number of hydrogen-bond acceptors (Lipinski definition) is 4. The van der Waals surface area contributed by atoms with Gasteiger partial charge in [0, 0.05) is 19.2 Å². The van der Waals surface area contributed by atoms with Crippen LogP contribution in [-0.2, 0) is 14.8 Å². The minimum absolute atomic E-state index is 0.0729. The molecule has 0 radical (unpaired) electrons. The van der Waals surface area contributed by atoms with Gasteiger partial charge in [0.1, 0.15) is 0 Å². The zero-order chi connectivity index (χ0) is 12.3. The number of sulfonamides is 1. The first-order chi connectivity index (χ1) is 8.13. The molecule has 0 aromatic rings. The zero-order valence-electron chi connectivity index (χ0n) is 10.0. The maximum absolute atomic E-state index is 12.2. The second kappa shape index (κ2) is 5.65. The lowest BCUT2D eigenvalue weighted by molar-refractivity contribution is 0.123. The molecule has 0 aromatic heterocycles. The number of hydrogen-bond donors (Lipinski definition) is 1. The Morgan fingerprint density at radius 1 is 1.24 bits per heavy atom. The highest BCUT2D eigenvalue weighted by molar-refractivity contribution is 7.89. The Balaban J connectivity index is 1.98. The van der Waals surface area contributed by atoms with Gasteiger partial charge in [-0.15, -0.1) is 0 Å². The second-order valence-corrected chi connectivity index (χ2v) is 6.80. The first-order valence-electron chi connectivity index (χ1n) is 6.35. The molecular formula is C11H21NO4S. The largest absolute Gasteiger partial charge is 0.395 e. The van der Waals surface area contributed by atoms with Gasteiger partial charge in [0.2, 0.25) is 10.0 Å². The number of nitrogens with zero attached hydrogens (tertiary/aromatic N) is 1. The lowest BCUT2D eigenvalue weighted by Gasteiger charge is -2.36. The third-order valence-corrected chi connectivity index (χ3v) is 5.57. The molecule has 17 heavy (non-hydrogen) atoms. The van der Waals surface area contributed by atoms with Crippen LogP contribution >= 0.6 is 0 Å². The number of aliphatic hydroxyl groups is 1. The molecule has 1 atom stereocenters. The molecule has 2 rings (SSSR count). The summed E-state index contributed by atoms with van der Waals surface area (Å²) in [7, 11) is -3.28. The fraction of sp³-hybridized carbons (Fsp3) is 1.00. The van der Waals surface area contributed by atoms with Crippen molar-refractivity contribution in [2.75, 3.05) is 25.5 Å². The van der Waals surface area contributed by atoms with Crippen molar-refractivity contribution >= 4 is 10.0 Å². The molecule has 1 saturated carbocycles. The summed E-state index contributed by atoms with van der Waals surface area (Å²) in [6.45, 7) is 0.782.